The van der Waals surface area contributed by atoms with Gasteiger partial charge in [0, 0.05) is 12.0 Å². The molecule has 0 N–H and O–H groups in total. The molecule has 1 heterocycles. The number of esters is 1. The number of cyclic esters (lactones) is 1. The summed E-state index contributed by atoms with van der Waals surface area (Å²) in [7, 11) is 1.32. The number of hydrogen-bond donors (Lipinski definition) is 0. The van der Waals surface area contributed by atoms with Crippen LogP contribution in [-0.2, 0) is 19.1 Å². The summed E-state index contributed by atoms with van der Waals surface area (Å²) in [6, 6.07) is 16.2. The molecule has 0 spiro atoms. The van der Waals surface area contributed by atoms with E-state index in [-0.39, 0.29) is 12.5 Å². The van der Waals surface area contributed by atoms with Crippen LogP contribution in [-0.4, -0.2) is 43.2 Å². The summed E-state index contributed by atoms with van der Waals surface area (Å²) < 4.78 is 15.4. The Hall–Kier alpha value is -3.61. The first-order chi connectivity index (χ1) is 15.0. The highest BCUT2D eigenvalue weighted by Crippen LogP contribution is 2.29. The summed E-state index contributed by atoms with van der Waals surface area (Å²) >= 11 is 0. The van der Waals surface area contributed by atoms with Gasteiger partial charge in [0.05, 0.1) is 13.7 Å². The standard InChI is InChI=1S/C24H25NO6/c1-17(14-15-30-20-11-8-18(9-12-20)10-13-22(26)29-2)23(27)25-21(16-31-24(25)28)19-6-4-3-5-7-19/h3-13,17,21H,14-16H2,1-2H3/b13-10+/t17-,21+/m0/s1. The van der Waals surface area contributed by atoms with E-state index in [1.807, 2.05) is 42.5 Å². The van der Waals surface area contributed by atoms with Gasteiger partial charge in [-0.1, -0.05) is 49.4 Å². The van der Waals surface area contributed by atoms with E-state index in [0.717, 1.165) is 11.1 Å². The number of ether oxygens (including phenoxy) is 3. The predicted molar refractivity (Wildman–Crippen MR) is 114 cm³/mol. The maximum atomic E-state index is 12.9. The molecule has 1 aliphatic heterocycles. The first-order valence-electron chi connectivity index (χ1n) is 10.0. The quantitative estimate of drug-likeness (QED) is 0.472. The third-order valence-electron chi connectivity index (χ3n) is 5.03. The smallest absolute Gasteiger partial charge is 0.417 e. The van der Waals surface area contributed by atoms with Gasteiger partial charge in [-0.05, 0) is 35.8 Å². The average Bonchev–Trinajstić information content (AvgIpc) is 3.19. The molecule has 3 rings (SSSR count). The maximum absolute atomic E-state index is 12.9. The van der Waals surface area contributed by atoms with Gasteiger partial charge in [0.15, 0.2) is 0 Å². The van der Waals surface area contributed by atoms with Gasteiger partial charge in [-0.15, -0.1) is 0 Å². The van der Waals surface area contributed by atoms with E-state index >= 15 is 0 Å². The van der Waals surface area contributed by atoms with Crippen LogP contribution in [0.4, 0.5) is 4.79 Å². The summed E-state index contributed by atoms with van der Waals surface area (Å²) in [5, 5.41) is 0. The Morgan fingerprint density at radius 1 is 1.16 bits per heavy atom. The second-order valence-corrected chi connectivity index (χ2v) is 7.18. The van der Waals surface area contributed by atoms with Gasteiger partial charge in [-0.3, -0.25) is 4.79 Å². The van der Waals surface area contributed by atoms with Crippen LogP contribution in [0.2, 0.25) is 0 Å². The number of imide groups is 1. The highest BCUT2D eigenvalue weighted by Gasteiger charge is 2.40. The van der Waals surface area contributed by atoms with Crippen molar-refractivity contribution in [1.82, 2.24) is 4.90 Å². The Morgan fingerprint density at radius 2 is 1.87 bits per heavy atom. The zero-order valence-corrected chi connectivity index (χ0v) is 17.5. The number of rotatable bonds is 8. The van der Waals surface area contributed by atoms with Crippen molar-refractivity contribution in [3.8, 4) is 5.75 Å². The second kappa shape index (κ2) is 10.4. The Labute approximate surface area is 181 Å². The summed E-state index contributed by atoms with van der Waals surface area (Å²) in [4.78, 5) is 37.4. The van der Waals surface area contributed by atoms with E-state index in [1.165, 1.54) is 18.1 Å². The molecule has 2 amide bonds. The van der Waals surface area contributed by atoms with Gasteiger partial charge < -0.3 is 14.2 Å². The minimum absolute atomic E-state index is 0.161. The maximum Gasteiger partial charge on any atom is 0.417 e. The number of benzene rings is 2. The van der Waals surface area contributed by atoms with Gasteiger partial charge in [0.2, 0.25) is 5.91 Å². The summed E-state index contributed by atoms with van der Waals surface area (Å²) in [5.74, 6) is -0.449. The van der Waals surface area contributed by atoms with Crippen LogP contribution in [0.15, 0.2) is 60.7 Å². The lowest BCUT2D eigenvalue weighted by molar-refractivity contribution is -0.135. The lowest BCUT2D eigenvalue weighted by atomic mass is 10.0. The van der Waals surface area contributed by atoms with E-state index in [0.29, 0.717) is 18.8 Å². The first kappa shape index (κ1) is 22.1. The van der Waals surface area contributed by atoms with E-state index < -0.39 is 24.0 Å². The summed E-state index contributed by atoms with van der Waals surface area (Å²) in [6.07, 6.45) is 2.83. The van der Waals surface area contributed by atoms with Crippen LogP contribution in [0.5, 0.6) is 5.75 Å². The van der Waals surface area contributed by atoms with Crippen LogP contribution >= 0.6 is 0 Å². The zero-order chi connectivity index (χ0) is 22.2. The molecule has 7 heteroatoms. The number of methoxy groups -OCH3 is 1. The molecule has 31 heavy (non-hydrogen) atoms. The van der Waals surface area contributed by atoms with Crippen LogP contribution in [0.3, 0.4) is 0 Å². The van der Waals surface area contributed by atoms with Crippen LogP contribution in [0.1, 0.15) is 30.5 Å². The molecule has 0 bridgehead atoms. The number of nitrogens with zero attached hydrogens (tertiary/aromatic N) is 1. The fraction of sp³-hybridized carbons (Fsp3) is 0.292. The molecule has 1 aliphatic rings. The summed E-state index contributed by atoms with van der Waals surface area (Å²) in [5.41, 5.74) is 1.70. The molecular formula is C24H25NO6. The van der Waals surface area contributed by atoms with E-state index in [9.17, 15) is 14.4 Å². The highest BCUT2D eigenvalue weighted by molar-refractivity contribution is 5.94. The van der Waals surface area contributed by atoms with Gasteiger partial charge in [0.1, 0.15) is 18.4 Å². The van der Waals surface area contributed by atoms with E-state index in [4.69, 9.17) is 9.47 Å². The molecule has 2 atom stereocenters. The molecule has 0 radical (unpaired) electrons. The SMILES string of the molecule is COC(=O)/C=C/c1ccc(OCC[C@H](C)C(=O)N2C(=O)OC[C@@H]2c2ccccc2)cc1. The second-order valence-electron chi connectivity index (χ2n) is 7.18. The minimum Gasteiger partial charge on any atom is -0.494 e. The van der Waals surface area contributed by atoms with Crippen molar-refractivity contribution in [3.63, 3.8) is 0 Å². The van der Waals surface area contributed by atoms with Crippen LogP contribution in [0.25, 0.3) is 6.08 Å². The van der Waals surface area contributed by atoms with Crippen LogP contribution in [0, 0.1) is 5.92 Å². The molecule has 0 aromatic heterocycles. The topological polar surface area (TPSA) is 82.1 Å². The Bertz CT molecular complexity index is 938. The van der Waals surface area contributed by atoms with Gasteiger partial charge >= 0.3 is 12.1 Å². The molecule has 7 nitrogen and oxygen atoms in total. The van der Waals surface area contributed by atoms with Crippen molar-refractivity contribution in [2.75, 3.05) is 20.3 Å². The van der Waals surface area contributed by atoms with Crippen molar-refractivity contribution in [2.24, 2.45) is 5.92 Å². The molecule has 0 aliphatic carbocycles. The van der Waals surface area contributed by atoms with Crippen molar-refractivity contribution in [1.29, 1.82) is 0 Å². The van der Waals surface area contributed by atoms with Crippen molar-refractivity contribution >= 4 is 24.0 Å². The normalized spacial score (nSPS) is 16.8. The van der Waals surface area contributed by atoms with Crippen molar-refractivity contribution < 1.29 is 28.6 Å². The number of carbonyl (C=O) groups is 3. The molecule has 1 fully saturated rings. The van der Waals surface area contributed by atoms with Gasteiger partial charge in [-0.2, -0.15) is 0 Å². The molecule has 0 saturated carbocycles. The molecule has 2 aromatic rings. The van der Waals surface area contributed by atoms with E-state index in [2.05, 4.69) is 4.74 Å². The van der Waals surface area contributed by atoms with Gasteiger partial charge in [0.25, 0.3) is 0 Å². The number of carbonyl (C=O) groups excluding carboxylic acids is 3. The molecule has 1 saturated heterocycles. The lowest BCUT2D eigenvalue weighted by Crippen LogP contribution is -2.38. The molecular weight excluding hydrogens is 398 g/mol. The van der Waals surface area contributed by atoms with Crippen molar-refractivity contribution in [3.05, 3.63) is 71.8 Å². The fourth-order valence-electron chi connectivity index (χ4n) is 3.21. The minimum atomic E-state index is -0.609. The zero-order valence-electron chi connectivity index (χ0n) is 17.5. The Balaban J connectivity index is 1.52. The molecule has 2 aromatic carbocycles. The van der Waals surface area contributed by atoms with Crippen LogP contribution < -0.4 is 4.74 Å². The van der Waals surface area contributed by atoms with Gasteiger partial charge in [-0.25, -0.2) is 14.5 Å². The number of amides is 2. The summed E-state index contributed by atoms with van der Waals surface area (Å²) in [6.45, 7) is 2.26. The lowest BCUT2D eigenvalue weighted by Gasteiger charge is -2.23. The van der Waals surface area contributed by atoms with Crippen molar-refractivity contribution in [2.45, 2.75) is 19.4 Å². The Morgan fingerprint density at radius 3 is 2.55 bits per heavy atom. The molecule has 0 unspecified atom stereocenters. The third-order valence-corrected chi connectivity index (χ3v) is 5.03. The number of hydrogen-bond acceptors (Lipinski definition) is 6. The monoisotopic (exact) mass is 423 g/mol. The highest BCUT2D eigenvalue weighted by atomic mass is 16.6. The fourth-order valence-corrected chi connectivity index (χ4v) is 3.21. The Kier molecular flexibility index (Phi) is 7.43. The molecule has 162 valence electrons. The predicted octanol–water partition coefficient (Wildman–Crippen LogP) is 4.00. The first-order valence-corrected chi connectivity index (χ1v) is 10.0. The van der Waals surface area contributed by atoms with E-state index in [1.54, 1.807) is 25.1 Å². The third kappa shape index (κ3) is 5.72. The average molecular weight is 423 g/mol. The largest absolute Gasteiger partial charge is 0.494 e.